The third kappa shape index (κ3) is 3.72. The number of ether oxygens (including phenoxy) is 4. The maximum absolute atomic E-state index is 5.96. The summed E-state index contributed by atoms with van der Waals surface area (Å²) >= 11 is 0. The van der Waals surface area contributed by atoms with E-state index in [2.05, 4.69) is 22.5 Å². The van der Waals surface area contributed by atoms with Crippen molar-refractivity contribution in [2.75, 3.05) is 39.8 Å². The van der Waals surface area contributed by atoms with Crippen LogP contribution < -0.4 is 24.8 Å². The van der Waals surface area contributed by atoms with Crippen LogP contribution >= 0.6 is 0 Å². The Kier molecular flexibility index (Phi) is 6.54. The van der Waals surface area contributed by atoms with E-state index in [9.17, 15) is 0 Å². The van der Waals surface area contributed by atoms with Crippen LogP contribution in [0.1, 0.15) is 39.5 Å². The van der Waals surface area contributed by atoms with Gasteiger partial charge in [-0.1, -0.05) is 6.42 Å². The quantitative estimate of drug-likeness (QED) is 0.522. The summed E-state index contributed by atoms with van der Waals surface area (Å²) in [7, 11) is 4.83. The number of rotatable bonds is 8. The molecule has 2 unspecified atom stereocenters. The van der Waals surface area contributed by atoms with Crippen LogP contribution in [0.2, 0.25) is 0 Å². The minimum atomic E-state index is 0.265. The number of aliphatic imine (C=N–C) groups is 1. The number of hydrogen-bond donors (Lipinski definition) is 2. The molecule has 0 bridgehead atoms. The van der Waals surface area contributed by atoms with Crippen LogP contribution in [0.4, 0.5) is 5.69 Å². The second kappa shape index (κ2) is 8.90. The number of benzene rings is 1. The molecule has 3 rings (SSSR count). The predicted octanol–water partition coefficient (Wildman–Crippen LogP) is 3.44. The second-order valence-electron chi connectivity index (χ2n) is 7.33. The van der Waals surface area contributed by atoms with E-state index in [-0.39, 0.29) is 5.41 Å². The van der Waals surface area contributed by atoms with E-state index in [1.807, 2.05) is 19.1 Å². The predicted molar refractivity (Wildman–Crippen MR) is 111 cm³/mol. The molecular formula is C21H33N3O4. The number of hydrogen-bond acceptors (Lipinski definition) is 5. The highest BCUT2D eigenvalue weighted by Crippen LogP contribution is 2.57. The molecule has 2 fully saturated rings. The normalized spacial score (nSPS) is 22.8. The lowest BCUT2D eigenvalue weighted by Crippen LogP contribution is -2.68. The first kappa shape index (κ1) is 20.6. The topological polar surface area (TPSA) is 73.3 Å². The van der Waals surface area contributed by atoms with Crippen molar-refractivity contribution in [2.24, 2.45) is 10.4 Å². The fourth-order valence-corrected chi connectivity index (χ4v) is 4.38. The van der Waals surface area contributed by atoms with Gasteiger partial charge in [-0.3, -0.25) is 4.99 Å². The molecule has 0 radical (unpaired) electrons. The van der Waals surface area contributed by atoms with Gasteiger partial charge in [0.15, 0.2) is 17.5 Å². The Morgan fingerprint density at radius 2 is 1.79 bits per heavy atom. The molecule has 0 saturated heterocycles. The van der Waals surface area contributed by atoms with Crippen molar-refractivity contribution in [1.29, 1.82) is 0 Å². The Labute approximate surface area is 167 Å². The lowest BCUT2D eigenvalue weighted by Gasteiger charge is -2.61. The van der Waals surface area contributed by atoms with Gasteiger partial charge in [0.25, 0.3) is 0 Å². The van der Waals surface area contributed by atoms with Gasteiger partial charge in [-0.15, -0.1) is 0 Å². The maximum atomic E-state index is 5.96. The highest BCUT2D eigenvalue weighted by molar-refractivity contribution is 5.94. The molecular weight excluding hydrogens is 358 g/mol. The van der Waals surface area contributed by atoms with Crippen molar-refractivity contribution in [2.45, 2.75) is 51.7 Å². The van der Waals surface area contributed by atoms with E-state index >= 15 is 0 Å². The second-order valence-corrected chi connectivity index (χ2v) is 7.33. The van der Waals surface area contributed by atoms with Crippen LogP contribution in [0, 0.1) is 5.41 Å². The standard InChI is InChI=1S/C21H33N3O4/c1-6-22-20(24-17-13-18(28-7-2)21(17)9-8-10-21)23-14-11-15(25-3)19(27-5)16(12-14)26-4/h11-12,17-18H,6-10,13H2,1-5H3,(H2,22,23,24). The fourth-order valence-electron chi connectivity index (χ4n) is 4.38. The Bertz CT molecular complexity index is 678. The van der Waals surface area contributed by atoms with Gasteiger partial charge in [0.2, 0.25) is 5.75 Å². The molecule has 0 aromatic heterocycles. The van der Waals surface area contributed by atoms with E-state index in [0.717, 1.165) is 24.7 Å². The van der Waals surface area contributed by atoms with Gasteiger partial charge in [0, 0.05) is 42.4 Å². The summed E-state index contributed by atoms with van der Waals surface area (Å²) in [5.41, 5.74) is 1.10. The van der Waals surface area contributed by atoms with Crippen molar-refractivity contribution < 1.29 is 18.9 Å². The summed E-state index contributed by atoms with van der Waals surface area (Å²) in [5, 5.41) is 7.03. The Hall–Kier alpha value is -2.15. The molecule has 2 aliphatic rings. The van der Waals surface area contributed by atoms with Crippen molar-refractivity contribution in [1.82, 2.24) is 5.32 Å². The van der Waals surface area contributed by atoms with Crippen molar-refractivity contribution in [3.05, 3.63) is 12.1 Å². The smallest absolute Gasteiger partial charge is 0.203 e. The van der Waals surface area contributed by atoms with E-state index < -0.39 is 0 Å². The molecule has 156 valence electrons. The first-order valence-corrected chi connectivity index (χ1v) is 10.1. The molecule has 2 aliphatic carbocycles. The van der Waals surface area contributed by atoms with Gasteiger partial charge in [-0.2, -0.15) is 0 Å². The van der Waals surface area contributed by atoms with Crippen molar-refractivity contribution in [3.63, 3.8) is 0 Å². The molecule has 2 N–H and O–H groups in total. The number of guanidine groups is 1. The van der Waals surface area contributed by atoms with Gasteiger partial charge >= 0.3 is 0 Å². The van der Waals surface area contributed by atoms with Crippen LogP contribution in [-0.2, 0) is 4.74 Å². The number of anilines is 1. The molecule has 0 heterocycles. The van der Waals surface area contributed by atoms with Crippen LogP contribution in [0.3, 0.4) is 0 Å². The minimum absolute atomic E-state index is 0.265. The first-order valence-electron chi connectivity index (χ1n) is 10.1. The average Bonchev–Trinajstić information content (AvgIpc) is 2.64. The molecule has 1 spiro atoms. The maximum Gasteiger partial charge on any atom is 0.203 e. The van der Waals surface area contributed by atoms with Crippen LogP contribution in [0.25, 0.3) is 0 Å². The van der Waals surface area contributed by atoms with Crippen LogP contribution in [0.15, 0.2) is 17.1 Å². The Morgan fingerprint density at radius 1 is 1.11 bits per heavy atom. The molecule has 1 aromatic rings. The molecule has 2 atom stereocenters. The van der Waals surface area contributed by atoms with Crippen LogP contribution in [0.5, 0.6) is 17.2 Å². The summed E-state index contributed by atoms with van der Waals surface area (Å²) in [6.07, 6.45) is 5.11. The third-order valence-corrected chi connectivity index (χ3v) is 5.99. The largest absolute Gasteiger partial charge is 0.493 e. The van der Waals surface area contributed by atoms with E-state index in [0.29, 0.717) is 35.9 Å². The Morgan fingerprint density at radius 3 is 2.25 bits per heavy atom. The van der Waals surface area contributed by atoms with Crippen molar-refractivity contribution >= 4 is 11.6 Å². The summed E-state index contributed by atoms with van der Waals surface area (Å²) in [6, 6.07) is 4.16. The highest BCUT2D eigenvalue weighted by Gasteiger charge is 2.59. The van der Waals surface area contributed by atoms with Gasteiger partial charge < -0.3 is 29.6 Å². The summed E-state index contributed by atoms with van der Waals surface area (Å²) < 4.78 is 22.3. The number of nitrogens with zero attached hydrogens (tertiary/aromatic N) is 1. The van der Waals surface area contributed by atoms with Crippen LogP contribution in [-0.4, -0.2) is 52.6 Å². The average molecular weight is 392 g/mol. The SMILES string of the molecule is CCN=C(Nc1cc(OC)c(OC)c(OC)c1)NC1CC(OCC)C12CCC2. The van der Waals surface area contributed by atoms with Gasteiger partial charge in [0.1, 0.15) is 0 Å². The lowest BCUT2D eigenvalue weighted by atomic mass is 9.51. The minimum Gasteiger partial charge on any atom is -0.493 e. The van der Waals surface area contributed by atoms with E-state index in [1.165, 1.54) is 19.3 Å². The summed E-state index contributed by atoms with van der Waals surface area (Å²) in [4.78, 5) is 4.63. The summed E-state index contributed by atoms with van der Waals surface area (Å²) in [5.74, 6) is 2.55. The molecule has 1 aromatic carbocycles. The first-order chi connectivity index (χ1) is 13.6. The van der Waals surface area contributed by atoms with Gasteiger partial charge in [0.05, 0.1) is 27.4 Å². The third-order valence-electron chi connectivity index (χ3n) is 5.99. The van der Waals surface area contributed by atoms with Crippen molar-refractivity contribution in [3.8, 4) is 17.2 Å². The monoisotopic (exact) mass is 391 g/mol. The zero-order valence-electron chi connectivity index (χ0n) is 17.6. The zero-order chi connectivity index (χ0) is 20.1. The molecule has 28 heavy (non-hydrogen) atoms. The van der Waals surface area contributed by atoms with E-state index in [4.69, 9.17) is 18.9 Å². The van der Waals surface area contributed by atoms with E-state index in [1.54, 1.807) is 21.3 Å². The number of methoxy groups -OCH3 is 3. The molecule has 0 aliphatic heterocycles. The molecule has 7 nitrogen and oxygen atoms in total. The molecule has 0 amide bonds. The highest BCUT2D eigenvalue weighted by atomic mass is 16.5. The van der Waals surface area contributed by atoms with Gasteiger partial charge in [-0.25, -0.2) is 0 Å². The fraction of sp³-hybridized carbons (Fsp3) is 0.667. The molecule has 2 saturated carbocycles. The Balaban J connectivity index is 1.75. The number of nitrogens with one attached hydrogen (secondary N) is 2. The zero-order valence-corrected chi connectivity index (χ0v) is 17.6. The summed E-state index contributed by atoms with van der Waals surface area (Å²) in [6.45, 7) is 5.57. The lowest BCUT2D eigenvalue weighted by molar-refractivity contribution is -0.168. The molecule has 7 heteroatoms. The van der Waals surface area contributed by atoms with Gasteiger partial charge in [-0.05, 0) is 33.1 Å².